The molecule has 0 aliphatic rings. The maximum absolute atomic E-state index is 12.1. The zero-order valence-corrected chi connectivity index (χ0v) is 14.9. The van der Waals surface area contributed by atoms with Gasteiger partial charge in [-0.05, 0) is 39.6 Å². The molecule has 2 amide bonds. The second kappa shape index (κ2) is 7.75. The number of amides is 2. The van der Waals surface area contributed by atoms with Crippen molar-refractivity contribution >= 4 is 22.5 Å². The van der Waals surface area contributed by atoms with Gasteiger partial charge >= 0.3 is 6.03 Å². The van der Waals surface area contributed by atoms with Crippen LogP contribution in [-0.2, 0) is 6.54 Å². The van der Waals surface area contributed by atoms with Gasteiger partial charge in [0.2, 0.25) is 0 Å². The zero-order valence-electron chi connectivity index (χ0n) is 14.9. The van der Waals surface area contributed by atoms with E-state index in [4.69, 9.17) is 0 Å². The average molecular weight is 352 g/mol. The van der Waals surface area contributed by atoms with Crippen molar-refractivity contribution < 1.29 is 4.79 Å². The molecule has 3 nitrogen and oxygen atoms in total. The zero-order chi connectivity index (χ0) is 18.5. The van der Waals surface area contributed by atoms with Gasteiger partial charge in [-0.25, -0.2) is 4.79 Å². The summed E-state index contributed by atoms with van der Waals surface area (Å²) in [7, 11) is 0. The van der Waals surface area contributed by atoms with E-state index in [-0.39, 0.29) is 6.03 Å². The Kier molecular flexibility index (Phi) is 4.84. The lowest BCUT2D eigenvalue weighted by Crippen LogP contribution is -2.28. The van der Waals surface area contributed by atoms with Gasteiger partial charge in [0.05, 0.1) is 0 Å². The molecule has 132 valence electrons. The molecule has 0 unspecified atom stereocenters. The number of benzene rings is 4. The lowest BCUT2D eigenvalue weighted by Gasteiger charge is -2.10. The van der Waals surface area contributed by atoms with E-state index < -0.39 is 0 Å². The van der Waals surface area contributed by atoms with Crippen LogP contribution in [0.15, 0.2) is 97.1 Å². The van der Waals surface area contributed by atoms with E-state index >= 15 is 0 Å². The van der Waals surface area contributed by atoms with Crippen molar-refractivity contribution in [3.05, 3.63) is 103 Å². The van der Waals surface area contributed by atoms with Gasteiger partial charge in [-0.15, -0.1) is 0 Å². The smallest absolute Gasteiger partial charge is 0.319 e. The Hall–Kier alpha value is -3.59. The molecule has 2 N–H and O–H groups in total. The molecule has 4 aromatic rings. The van der Waals surface area contributed by atoms with E-state index in [1.165, 1.54) is 16.3 Å². The first-order valence-corrected chi connectivity index (χ1v) is 8.96. The first-order valence-electron chi connectivity index (χ1n) is 8.96. The van der Waals surface area contributed by atoms with Gasteiger partial charge in [0.1, 0.15) is 0 Å². The number of nitrogens with one attached hydrogen (secondary N) is 2. The monoisotopic (exact) mass is 352 g/mol. The molecule has 0 saturated heterocycles. The van der Waals surface area contributed by atoms with E-state index in [0.717, 1.165) is 16.8 Å². The van der Waals surface area contributed by atoms with Crippen LogP contribution in [0.5, 0.6) is 0 Å². The molecule has 4 aromatic carbocycles. The Bertz CT molecular complexity index is 1050. The molecule has 0 saturated carbocycles. The predicted octanol–water partition coefficient (Wildman–Crippen LogP) is 5.83. The fraction of sp³-hybridized carbons (Fsp3) is 0.0417. The second-order valence-corrected chi connectivity index (χ2v) is 6.40. The van der Waals surface area contributed by atoms with Crippen LogP contribution in [0, 0.1) is 0 Å². The molecule has 0 heterocycles. The summed E-state index contributed by atoms with van der Waals surface area (Å²) in [4.78, 5) is 12.1. The molecular weight excluding hydrogens is 332 g/mol. The van der Waals surface area contributed by atoms with Crippen LogP contribution < -0.4 is 10.6 Å². The van der Waals surface area contributed by atoms with Crippen molar-refractivity contribution in [3.8, 4) is 11.1 Å². The van der Waals surface area contributed by atoms with Gasteiger partial charge in [0.25, 0.3) is 0 Å². The molecule has 0 radical (unpaired) electrons. The number of carbonyl (C=O) groups is 1. The Labute approximate surface area is 158 Å². The average Bonchev–Trinajstić information content (AvgIpc) is 2.73. The van der Waals surface area contributed by atoms with Crippen LogP contribution in [-0.4, -0.2) is 6.03 Å². The molecule has 0 atom stereocenters. The Balaban J connectivity index is 1.45. The maximum atomic E-state index is 12.1. The number of hydrogen-bond acceptors (Lipinski definition) is 1. The fourth-order valence-electron chi connectivity index (χ4n) is 3.16. The third kappa shape index (κ3) is 3.98. The molecule has 0 spiro atoms. The molecule has 0 aromatic heterocycles. The standard InChI is InChI=1S/C24H20N2O/c27-24(25-17-18-7-2-1-3-8-18)26-21-15-13-20(14-16-21)23-12-6-10-19-9-4-5-11-22(19)23/h1-16H,17H2,(H2,25,26,27). The molecule has 3 heteroatoms. The Morgan fingerprint density at radius 3 is 2.22 bits per heavy atom. The van der Waals surface area contributed by atoms with Crippen molar-refractivity contribution in [1.29, 1.82) is 0 Å². The second-order valence-electron chi connectivity index (χ2n) is 6.40. The van der Waals surface area contributed by atoms with Gasteiger partial charge in [-0.3, -0.25) is 0 Å². The number of urea groups is 1. The predicted molar refractivity (Wildman–Crippen MR) is 112 cm³/mol. The summed E-state index contributed by atoms with van der Waals surface area (Å²) in [6, 6.07) is 32.2. The summed E-state index contributed by atoms with van der Waals surface area (Å²) in [5.41, 5.74) is 4.15. The number of hydrogen-bond donors (Lipinski definition) is 2. The molecule has 0 aliphatic carbocycles. The van der Waals surface area contributed by atoms with Gasteiger partial charge < -0.3 is 10.6 Å². The van der Waals surface area contributed by atoms with E-state index in [1.807, 2.05) is 60.7 Å². The summed E-state index contributed by atoms with van der Waals surface area (Å²) >= 11 is 0. The highest BCUT2D eigenvalue weighted by Gasteiger charge is 2.05. The summed E-state index contributed by atoms with van der Waals surface area (Å²) in [6.45, 7) is 0.501. The Morgan fingerprint density at radius 1 is 0.704 bits per heavy atom. The van der Waals surface area contributed by atoms with Crippen LogP contribution in [0.25, 0.3) is 21.9 Å². The van der Waals surface area contributed by atoms with Crippen LogP contribution in [0.3, 0.4) is 0 Å². The lowest BCUT2D eigenvalue weighted by atomic mass is 9.98. The number of carbonyl (C=O) groups excluding carboxylic acids is 1. The summed E-state index contributed by atoms with van der Waals surface area (Å²) in [5.74, 6) is 0. The maximum Gasteiger partial charge on any atom is 0.319 e. The van der Waals surface area contributed by atoms with E-state index in [9.17, 15) is 4.79 Å². The third-order valence-corrected chi connectivity index (χ3v) is 4.54. The van der Waals surface area contributed by atoms with Crippen LogP contribution >= 0.6 is 0 Å². The highest BCUT2D eigenvalue weighted by molar-refractivity contribution is 5.97. The lowest BCUT2D eigenvalue weighted by molar-refractivity contribution is 0.251. The fourth-order valence-corrected chi connectivity index (χ4v) is 3.16. The van der Waals surface area contributed by atoms with Crippen molar-refractivity contribution in [3.63, 3.8) is 0 Å². The third-order valence-electron chi connectivity index (χ3n) is 4.54. The highest BCUT2D eigenvalue weighted by atomic mass is 16.2. The van der Waals surface area contributed by atoms with Gasteiger partial charge in [-0.2, -0.15) is 0 Å². The van der Waals surface area contributed by atoms with Crippen molar-refractivity contribution in [1.82, 2.24) is 5.32 Å². The molecule has 4 rings (SSSR count). The van der Waals surface area contributed by atoms with Gasteiger partial charge in [0, 0.05) is 12.2 Å². The van der Waals surface area contributed by atoms with Gasteiger partial charge in [-0.1, -0.05) is 84.9 Å². The summed E-state index contributed by atoms with van der Waals surface area (Å²) in [6.07, 6.45) is 0. The number of rotatable bonds is 4. The van der Waals surface area contributed by atoms with E-state index in [1.54, 1.807) is 0 Å². The first kappa shape index (κ1) is 16.9. The van der Waals surface area contributed by atoms with Crippen molar-refractivity contribution in [2.75, 3.05) is 5.32 Å². The summed E-state index contributed by atoms with van der Waals surface area (Å²) < 4.78 is 0. The normalized spacial score (nSPS) is 10.5. The molecular formula is C24H20N2O. The minimum Gasteiger partial charge on any atom is -0.334 e. The topological polar surface area (TPSA) is 41.1 Å². The molecule has 0 aliphatic heterocycles. The largest absolute Gasteiger partial charge is 0.334 e. The van der Waals surface area contributed by atoms with Crippen molar-refractivity contribution in [2.45, 2.75) is 6.54 Å². The highest BCUT2D eigenvalue weighted by Crippen LogP contribution is 2.29. The minimum atomic E-state index is -0.211. The number of anilines is 1. The van der Waals surface area contributed by atoms with Crippen LogP contribution in [0.2, 0.25) is 0 Å². The SMILES string of the molecule is O=C(NCc1ccccc1)Nc1ccc(-c2cccc3ccccc23)cc1. The van der Waals surface area contributed by atoms with Crippen LogP contribution in [0.1, 0.15) is 5.56 Å². The first-order chi connectivity index (χ1) is 13.3. The van der Waals surface area contributed by atoms with Crippen LogP contribution in [0.4, 0.5) is 10.5 Å². The van der Waals surface area contributed by atoms with Crippen molar-refractivity contribution in [2.24, 2.45) is 0 Å². The van der Waals surface area contributed by atoms with E-state index in [2.05, 4.69) is 47.0 Å². The van der Waals surface area contributed by atoms with Gasteiger partial charge in [0.15, 0.2) is 0 Å². The summed E-state index contributed by atoms with van der Waals surface area (Å²) in [5, 5.41) is 8.19. The Morgan fingerprint density at radius 2 is 1.41 bits per heavy atom. The molecule has 0 fully saturated rings. The molecule has 0 bridgehead atoms. The molecule has 27 heavy (non-hydrogen) atoms. The quantitative estimate of drug-likeness (QED) is 0.477. The number of fused-ring (bicyclic) bond motifs is 1. The van der Waals surface area contributed by atoms with E-state index in [0.29, 0.717) is 6.54 Å². The minimum absolute atomic E-state index is 0.211.